The number of hydrogen-bond acceptors (Lipinski definition) is 6. The first-order chi connectivity index (χ1) is 10.3. The summed E-state index contributed by atoms with van der Waals surface area (Å²) in [5.41, 5.74) is 0.410. The third-order valence-corrected chi connectivity index (χ3v) is 2.57. The van der Waals surface area contributed by atoms with Crippen LogP contribution in [-0.2, 0) is 9.53 Å². The van der Waals surface area contributed by atoms with Crippen molar-refractivity contribution in [3.05, 3.63) is 23.8 Å². The molecule has 2 rings (SSSR count). The van der Waals surface area contributed by atoms with E-state index in [4.69, 9.17) is 14.6 Å². The smallest absolute Gasteiger partial charge is 0.475 e. The van der Waals surface area contributed by atoms with Gasteiger partial charge < -0.3 is 15.2 Å². The summed E-state index contributed by atoms with van der Waals surface area (Å²) in [7, 11) is 0. The zero-order valence-electron chi connectivity index (χ0n) is 11.6. The van der Waals surface area contributed by atoms with Crippen LogP contribution in [0.1, 0.15) is 29.0 Å². The molecule has 1 aromatic heterocycles. The molecular weight excluding hydrogens is 307 g/mol. The Hall–Kier alpha value is -2.23. The van der Waals surface area contributed by atoms with Crippen LogP contribution in [0.4, 0.5) is 13.2 Å². The highest BCUT2D eigenvalue weighted by Gasteiger charge is 2.38. The van der Waals surface area contributed by atoms with E-state index in [9.17, 15) is 18.0 Å². The maximum absolute atomic E-state index is 11.3. The summed E-state index contributed by atoms with van der Waals surface area (Å²) in [6.07, 6.45) is -2.03. The third-order valence-electron chi connectivity index (χ3n) is 2.57. The van der Waals surface area contributed by atoms with Crippen molar-refractivity contribution in [1.82, 2.24) is 15.3 Å². The first kappa shape index (κ1) is 17.8. The van der Waals surface area contributed by atoms with Gasteiger partial charge in [-0.15, -0.1) is 0 Å². The normalized spacial score (nSPS) is 14.4. The number of nitrogens with zero attached hydrogens (tertiary/aromatic N) is 2. The molecule has 7 nitrogen and oxygen atoms in total. The van der Waals surface area contributed by atoms with E-state index < -0.39 is 12.1 Å². The van der Waals surface area contributed by atoms with Gasteiger partial charge in [0.1, 0.15) is 5.82 Å². The lowest BCUT2D eigenvalue weighted by Gasteiger charge is -2.25. The van der Waals surface area contributed by atoms with Crippen molar-refractivity contribution in [2.75, 3.05) is 19.7 Å². The number of carbonyl (C=O) groups excluding carboxylic acids is 1. The minimum absolute atomic E-state index is 0.365. The first-order valence-electron chi connectivity index (χ1n) is 6.25. The quantitative estimate of drug-likeness (QED) is 0.800. The molecule has 1 aromatic rings. The number of esters is 1. The SMILES string of the molecule is CCOC(=O)c1cnc(C2CNC2)nc1.O=C(O)C(F)(F)F. The van der Waals surface area contributed by atoms with E-state index in [2.05, 4.69) is 15.3 Å². The molecule has 1 fully saturated rings. The number of nitrogens with one attached hydrogen (secondary N) is 1. The van der Waals surface area contributed by atoms with Crippen molar-refractivity contribution in [3.63, 3.8) is 0 Å². The van der Waals surface area contributed by atoms with E-state index in [1.807, 2.05) is 0 Å². The minimum atomic E-state index is -5.08. The van der Waals surface area contributed by atoms with Gasteiger partial charge in [-0.05, 0) is 6.92 Å². The molecule has 1 saturated heterocycles. The molecule has 1 aliphatic rings. The van der Waals surface area contributed by atoms with Crippen LogP contribution in [0.2, 0.25) is 0 Å². The molecule has 0 bridgehead atoms. The van der Waals surface area contributed by atoms with Crippen LogP contribution in [0.25, 0.3) is 0 Å². The van der Waals surface area contributed by atoms with E-state index in [0.29, 0.717) is 18.1 Å². The van der Waals surface area contributed by atoms with Gasteiger partial charge in [0, 0.05) is 31.4 Å². The summed E-state index contributed by atoms with van der Waals surface area (Å²) >= 11 is 0. The van der Waals surface area contributed by atoms with Crippen LogP contribution in [0.5, 0.6) is 0 Å². The van der Waals surface area contributed by atoms with Gasteiger partial charge in [-0.1, -0.05) is 0 Å². The van der Waals surface area contributed by atoms with Crippen LogP contribution in [0.15, 0.2) is 12.4 Å². The number of ether oxygens (including phenoxy) is 1. The molecule has 122 valence electrons. The molecule has 0 amide bonds. The van der Waals surface area contributed by atoms with Gasteiger partial charge in [0.25, 0.3) is 0 Å². The van der Waals surface area contributed by atoms with Crippen molar-refractivity contribution in [2.24, 2.45) is 0 Å². The van der Waals surface area contributed by atoms with E-state index >= 15 is 0 Å². The van der Waals surface area contributed by atoms with Gasteiger partial charge in [0.2, 0.25) is 0 Å². The molecular formula is C12H14F3N3O4. The molecule has 10 heteroatoms. The van der Waals surface area contributed by atoms with Crippen LogP contribution in [-0.4, -0.2) is 52.9 Å². The summed E-state index contributed by atoms with van der Waals surface area (Å²) < 4.78 is 36.6. The molecule has 2 heterocycles. The summed E-state index contributed by atoms with van der Waals surface area (Å²) in [5, 5.41) is 10.3. The number of carboxylic acid groups (broad SMARTS) is 1. The Bertz CT molecular complexity index is 515. The average Bonchev–Trinajstić information content (AvgIpc) is 2.37. The first-order valence-corrected chi connectivity index (χ1v) is 6.25. The fraction of sp³-hybridized carbons (Fsp3) is 0.500. The molecule has 1 aliphatic heterocycles. The van der Waals surface area contributed by atoms with Crippen molar-refractivity contribution < 1.29 is 32.6 Å². The van der Waals surface area contributed by atoms with Gasteiger partial charge in [0.05, 0.1) is 12.2 Å². The Labute approximate surface area is 123 Å². The van der Waals surface area contributed by atoms with E-state index in [-0.39, 0.29) is 5.97 Å². The zero-order chi connectivity index (χ0) is 16.8. The van der Waals surface area contributed by atoms with E-state index in [1.165, 1.54) is 12.4 Å². The maximum atomic E-state index is 11.3. The average molecular weight is 321 g/mol. The second kappa shape index (κ2) is 7.69. The largest absolute Gasteiger partial charge is 0.490 e. The number of carboxylic acids is 1. The molecule has 0 spiro atoms. The molecule has 22 heavy (non-hydrogen) atoms. The highest BCUT2D eigenvalue weighted by atomic mass is 19.4. The number of carbonyl (C=O) groups is 2. The van der Waals surface area contributed by atoms with Crippen LogP contribution < -0.4 is 5.32 Å². The van der Waals surface area contributed by atoms with Gasteiger partial charge in [-0.3, -0.25) is 0 Å². The zero-order valence-corrected chi connectivity index (χ0v) is 11.6. The summed E-state index contributed by atoms with van der Waals surface area (Å²) in [6, 6.07) is 0. The Morgan fingerprint density at radius 2 is 1.86 bits per heavy atom. The van der Waals surface area contributed by atoms with Crippen molar-refractivity contribution in [2.45, 2.75) is 19.0 Å². The van der Waals surface area contributed by atoms with E-state index in [1.54, 1.807) is 6.92 Å². The van der Waals surface area contributed by atoms with Crippen molar-refractivity contribution in [3.8, 4) is 0 Å². The van der Waals surface area contributed by atoms with Gasteiger partial charge in [-0.2, -0.15) is 13.2 Å². The van der Waals surface area contributed by atoms with Gasteiger partial charge in [-0.25, -0.2) is 19.6 Å². The van der Waals surface area contributed by atoms with Gasteiger partial charge >= 0.3 is 18.1 Å². The number of rotatable bonds is 3. The Kier molecular flexibility index (Phi) is 6.23. The predicted molar refractivity (Wildman–Crippen MR) is 67.3 cm³/mol. The van der Waals surface area contributed by atoms with Crippen molar-refractivity contribution in [1.29, 1.82) is 0 Å². The molecule has 2 N–H and O–H groups in total. The number of aliphatic carboxylic acids is 1. The summed E-state index contributed by atoms with van der Waals surface area (Å²) in [4.78, 5) is 28.5. The lowest BCUT2D eigenvalue weighted by Crippen LogP contribution is -2.40. The standard InChI is InChI=1S/C10H13N3O2.C2HF3O2/c1-2-15-10(14)8-5-12-9(13-6-8)7-3-11-4-7;3-2(4,5)1(6)7/h5-7,11H,2-4H2,1H3;(H,6,7). The highest BCUT2D eigenvalue weighted by Crippen LogP contribution is 2.15. The Morgan fingerprint density at radius 3 is 2.18 bits per heavy atom. The second-order valence-electron chi connectivity index (χ2n) is 4.21. The Morgan fingerprint density at radius 1 is 1.36 bits per heavy atom. The molecule has 0 saturated carbocycles. The third kappa shape index (κ3) is 5.28. The fourth-order valence-electron chi connectivity index (χ4n) is 1.34. The number of alkyl halides is 3. The monoisotopic (exact) mass is 321 g/mol. The molecule has 0 aromatic carbocycles. The topological polar surface area (TPSA) is 101 Å². The fourth-order valence-corrected chi connectivity index (χ4v) is 1.34. The second-order valence-corrected chi connectivity index (χ2v) is 4.21. The molecule has 0 unspecified atom stereocenters. The molecule has 0 aliphatic carbocycles. The minimum Gasteiger partial charge on any atom is -0.475 e. The molecule has 0 atom stereocenters. The van der Waals surface area contributed by atoms with Crippen molar-refractivity contribution >= 4 is 11.9 Å². The summed E-state index contributed by atoms with van der Waals surface area (Å²) in [6.45, 7) is 3.97. The summed E-state index contributed by atoms with van der Waals surface area (Å²) in [5.74, 6) is -1.94. The van der Waals surface area contributed by atoms with Crippen LogP contribution in [0, 0.1) is 0 Å². The van der Waals surface area contributed by atoms with Crippen LogP contribution in [0.3, 0.4) is 0 Å². The van der Waals surface area contributed by atoms with Gasteiger partial charge in [0.15, 0.2) is 0 Å². The van der Waals surface area contributed by atoms with Crippen LogP contribution >= 0.6 is 0 Å². The Balaban J connectivity index is 0.000000295. The predicted octanol–water partition coefficient (Wildman–Crippen LogP) is 0.973. The number of aromatic nitrogens is 2. The highest BCUT2D eigenvalue weighted by molar-refractivity contribution is 5.88. The van der Waals surface area contributed by atoms with E-state index in [0.717, 1.165) is 18.9 Å². The number of halogens is 3. The lowest BCUT2D eigenvalue weighted by molar-refractivity contribution is -0.192. The number of hydrogen-bond donors (Lipinski definition) is 2. The molecule has 0 radical (unpaired) electrons. The maximum Gasteiger partial charge on any atom is 0.490 e. The lowest BCUT2D eigenvalue weighted by atomic mass is 10.0.